The van der Waals surface area contributed by atoms with Crippen LogP contribution in [0, 0.1) is 0 Å². The summed E-state index contributed by atoms with van der Waals surface area (Å²) in [4.78, 5) is 24.0. The monoisotopic (exact) mass is 275 g/mol. The molecule has 1 atom stereocenters. The fourth-order valence-corrected chi connectivity index (χ4v) is 2.41. The maximum absolute atomic E-state index is 12.1. The molecule has 19 heavy (non-hydrogen) atoms. The molecular weight excluding hydrogens is 262 g/mol. The minimum Gasteiger partial charge on any atom is -0.289 e. The Hall–Kier alpha value is -1.98. The van der Waals surface area contributed by atoms with Gasteiger partial charge in [-0.05, 0) is 23.9 Å². The minimum absolute atomic E-state index is 0.0270. The summed E-state index contributed by atoms with van der Waals surface area (Å²) >= 11 is 1.40. The van der Waals surface area contributed by atoms with Gasteiger partial charge in [-0.25, -0.2) is 5.48 Å². The Labute approximate surface area is 114 Å². The average molecular weight is 275 g/mol. The molecule has 1 aromatic carbocycles. The molecule has 1 amide bonds. The molecule has 1 heterocycles. The van der Waals surface area contributed by atoms with Crippen LogP contribution in [-0.4, -0.2) is 16.9 Å². The van der Waals surface area contributed by atoms with Gasteiger partial charge in [-0.3, -0.25) is 14.8 Å². The molecule has 0 aliphatic carbocycles. The number of nitrogens with one attached hydrogen (secondary N) is 1. The van der Waals surface area contributed by atoms with Crippen LogP contribution >= 0.6 is 11.3 Å². The van der Waals surface area contributed by atoms with Crippen molar-refractivity contribution >= 4 is 23.0 Å². The zero-order chi connectivity index (χ0) is 13.8. The van der Waals surface area contributed by atoms with E-state index >= 15 is 0 Å². The number of hydrogen-bond donors (Lipinski definition) is 2. The molecule has 0 fully saturated rings. The number of hydroxylamine groups is 1. The fraction of sp³-hybridized carbons (Fsp3) is 0.143. The van der Waals surface area contributed by atoms with Crippen molar-refractivity contribution in [1.82, 2.24) is 5.48 Å². The van der Waals surface area contributed by atoms with Gasteiger partial charge >= 0.3 is 0 Å². The highest BCUT2D eigenvalue weighted by atomic mass is 32.1. The molecule has 0 bridgehead atoms. The van der Waals surface area contributed by atoms with Crippen LogP contribution in [0.2, 0.25) is 0 Å². The summed E-state index contributed by atoms with van der Waals surface area (Å²) in [5.41, 5.74) is 2.95. The Morgan fingerprint density at radius 2 is 1.89 bits per heavy atom. The maximum atomic E-state index is 12.1. The summed E-state index contributed by atoms with van der Waals surface area (Å²) in [6, 6.07) is 10.4. The molecule has 0 radical (unpaired) electrons. The Morgan fingerprint density at radius 3 is 2.42 bits per heavy atom. The summed E-state index contributed by atoms with van der Waals surface area (Å²) in [6.07, 6.45) is 0. The van der Waals surface area contributed by atoms with E-state index in [9.17, 15) is 9.59 Å². The van der Waals surface area contributed by atoms with Gasteiger partial charge in [0.25, 0.3) is 5.91 Å². The van der Waals surface area contributed by atoms with E-state index in [0.717, 1.165) is 5.56 Å². The van der Waals surface area contributed by atoms with Crippen LogP contribution in [0.25, 0.3) is 0 Å². The highest BCUT2D eigenvalue weighted by Gasteiger charge is 2.15. The third-order valence-corrected chi connectivity index (χ3v) is 3.79. The molecule has 0 aliphatic heterocycles. The Bertz CT molecular complexity index is 575. The first-order valence-electron chi connectivity index (χ1n) is 5.75. The van der Waals surface area contributed by atoms with E-state index in [1.54, 1.807) is 42.7 Å². The van der Waals surface area contributed by atoms with Crippen molar-refractivity contribution < 1.29 is 14.8 Å². The van der Waals surface area contributed by atoms with Gasteiger partial charge < -0.3 is 0 Å². The second-order valence-corrected chi connectivity index (χ2v) is 5.07. The van der Waals surface area contributed by atoms with Crippen LogP contribution in [0.3, 0.4) is 0 Å². The lowest BCUT2D eigenvalue weighted by Crippen LogP contribution is -2.24. The summed E-state index contributed by atoms with van der Waals surface area (Å²) < 4.78 is 0. The smallest absolute Gasteiger partial charge is 0.250 e. The SMILES string of the molecule is CC(C(=O)NO)c1ccc(C(=O)c2cccs2)cc1. The zero-order valence-electron chi connectivity index (χ0n) is 10.3. The molecular formula is C14H13NO3S. The lowest BCUT2D eigenvalue weighted by atomic mass is 9.98. The molecule has 2 aromatic rings. The summed E-state index contributed by atoms with van der Waals surface area (Å²) in [6.45, 7) is 1.68. The second kappa shape index (κ2) is 5.77. The van der Waals surface area contributed by atoms with Crippen LogP contribution < -0.4 is 5.48 Å². The number of hydrogen-bond acceptors (Lipinski definition) is 4. The van der Waals surface area contributed by atoms with Crippen molar-refractivity contribution in [2.45, 2.75) is 12.8 Å². The molecule has 0 aliphatic rings. The molecule has 2 N–H and O–H groups in total. The topological polar surface area (TPSA) is 66.4 Å². The third kappa shape index (κ3) is 2.89. The minimum atomic E-state index is -0.475. The molecule has 0 saturated heterocycles. The van der Waals surface area contributed by atoms with Gasteiger partial charge in [0.15, 0.2) is 0 Å². The largest absolute Gasteiger partial charge is 0.289 e. The van der Waals surface area contributed by atoms with Gasteiger partial charge in [0.05, 0.1) is 10.8 Å². The first kappa shape index (κ1) is 13.5. The number of thiophene rings is 1. The number of ketones is 1. The van der Waals surface area contributed by atoms with Gasteiger partial charge in [-0.2, -0.15) is 0 Å². The number of carbonyl (C=O) groups is 2. The Morgan fingerprint density at radius 1 is 1.21 bits per heavy atom. The van der Waals surface area contributed by atoms with Crippen LogP contribution in [0.4, 0.5) is 0 Å². The summed E-state index contributed by atoms with van der Waals surface area (Å²) in [7, 11) is 0. The van der Waals surface area contributed by atoms with Gasteiger partial charge in [-0.1, -0.05) is 30.3 Å². The Balaban J connectivity index is 2.19. The van der Waals surface area contributed by atoms with Crippen LogP contribution in [0.5, 0.6) is 0 Å². The molecule has 4 nitrogen and oxygen atoms in total. The third-order valence-electron chi connectivity index (χ3n) is 2.92. The van der Waals surface area contributed by atoms with E-state index in [4.69, 9.17) is 5.21 Å². The number of benzene rings is 1. The lowest BCUT2D eigenvalue weighted by Gasteiger charge is -2.09. The predicted octanol–water partition coefficient (Wildman–Crippen LogP) is 2.59. The van der Waals surface area contributed by atoms with Crippen molar-refractivity contribution in [3.05, 3.63) is 57.8 Å². The lowest BCUT2D eigenvalue weighted by molar-refractivity contribution is -0.130. The van der Waals surface area contributed by atoms with Crippen molar-refractivity contribution in [3.63, 3.8) is 0 Å². The molecule has 98 valence electrons. The van der Waals surface area contributed by atoms with E-state index < -0.39 is 11.8 Å². The second-order valence-electron chi connectivity index (χ2n) is 4.13. The van der Waals surface area contributed by atoms with E-state index in [1.165, 1.54) is 11.3 Å². The van der Waals surface area contributed by atoms with Crippen molar-refractivity contribution in [1.29, 1.82) is 0 Å². The molecule has 1 aromatic heterocycles. The van der Waals surface area contributed by atoms with E-state index in [0.29, 0.717) is 10.4 Å². The first-order valence-corrected chi connectivity index (χ1v) is 6.63. The predicted molar refractivity (Wildman–Crippen MR) is 72.5 cm³/mol. The van der Waals surface area contributed by atoms with E-state index in [2.05, 4.69) is 0 Å². The van der Waals surface area contributed by atoms with Gasteiger partial charge in [0.1, 0.15) is 0 Å². The highest BCUT2D eigenvalue weighted by Crippen LogP contribution is 2.19. The Kier molecular flexibility index (Phi) is 4.09. The first-order chi connectivity index (χ1) is 9.13. The molecule has 5 heteroatoms. The van der Waals surface area contributed by atoms with E-state index in [-0.39, 0.29) is 5.78 Å². The van der Waals surface area contributed by atoms with Crippen molar-refractivity contribution in [2.24, 2.45) is 0 Å². The van der Waals surface area contributed by atoms with Gasteiger partial charge in [-0.15, -0.1) is 11.3 Å². The van der Waals surface area contributed by atoms with Crippen LogP contribution in [-0.2, 0) is 4.79 Å². The van der Waals surface area contributed by atoms with Crippen molar-refractivity contribution in [3.8, 4) is 0 Å². The standard InChI is InChI=1S/C14H13NO3S/c1-9(14(17)15-18)10-4-6-11(7-5-10)13(16)12-3-2-8-19-12/h2-9,18H,1H3,(H,15,17). The summed E-state index contributed by atoms with van der Waals surface area (Å²) in [5.74, 6) is -0.964. The van der Waals surface area contributed by atoms with Crippen LogP contribution in [0.1, 0.15) is 33.6 Å². The molecule has 2 rings (SSSR count). The molecule has 0 saturated carbocycles. The zero-order valence-corrected chi connectivity index (χ0v) is 11.1. The molecule has 0 spiro atoms. The normalized spacial score (nSPS) is 11.9. The van der Waals surface area contributed by atoms with E-state index in [1.807, 2.05) is 11.4 Å². The van der Waals surface area contributed by atoms with Gasteiger partial charge in [0, 0.05) is 5.56 Å². The quantitative estimate of drug-likeness (QED) is 0.512. The van der Waals surface area contributed by atoms with Crippen LogP contribution in [0.15, 0.2) is 41.8 Å². The van der Waals surface area contributed by atoms with Gasteiger partial charge in [0.2, 0.25) is 5.78 Å². The molecule has 1 unspecified atom stereocenters. The number of carbonyl (C=O) groups excluding carboxylic acids is 2. The van der Waals surface area contributed by atoms with Crippen molar-refractivity contribution in [2.75, 3.05) is 0 Å². The average Bonchev–Trinajstić information content (AvgIpc) is 2.99. The summed E-state index contributed by atoms with van der Waals surface area (Å²) in [5, 5.41) is 10.4. The number of rotatable bonds is 4. The maximum Gasteiger partial charge on any atom is 0.250 e. The number of amides is 1. The fourth-order valence-electron chi connectivity index (χ4n) is 1.72. The highest BCUT2D eigenvalue weighted by molar-refractivity contribution is 7.12.